The number of hydrogen-bond acceptors (Lipinski definition) is 8. The second kappa shape index (κ2) is 13.5. The summed E-state index contributed by atoms with van der Waals surface area (Å²) in [5.74, 6) is -0.100. The molecule has 10 nitrogen and oxygen atoms in total. The van der Waals surface area contributed by atoms with Gasteiger partial charge in [-0.05, 0) is 77.9 Å². The molecule has 0 bridgehead atoms. The Kier molecular flexibility index (Phi) is 9.48. The third-order valence-corrected chi connectivity index (χ3v) is 7.59. The van der Waals surface area contributed by atoms with Crippen molar-refractivity contribution >= 4 is 41.0 Å². The minimum atomic E-state index is -0.330. The van der Waals surface area contributed by atoms with E-state index in [1.165, 1.54) is 19.1 Å². The zero-order valence-corrected chi connectivity index (χ0v) is 26.0. The molecule has 45 heavy (non-hydrogen) atoms. The quantitative estimate of drug-likeness (QED) is 0.142. The average Bonchev–Trinajstić information content (AvgIpc) is 3.79. The van der Waals surface area contributed by atoms with E-state index < -0.39 is 0 Å². The van der Waals surface area contributed by atoms with E-state index in [0.717, 1.165) is 24.0 Å². The molecule has 0 spiro atoms. The lowest BCUT2D eigenvalue weighted by Gasteiger charge is -2.25. The molecule has 0 radical (unpaired) electrons. The highest BCUT2D eigenvalue weighted by Gasteiger charge is 2.45. The first kappa shape index (κ1) is 31.6. The number of anilines is 3. The van der Waals surface area contributed by atoms with Gasteiger partial charge in [0.1, 0.15) is 12.4 Å². The van der Waals surface area contributed by atoms with Crippen LogP contribution in [0.2, 0.25) is 5.02 Å². The number of ether oxygens (including phenoxy) is 1. The van der Waals surface area contributed by atoms with Crippen LogP contribution in [0, 0.1) is 11.2 Å². The van der Waals surface area contributed by atoms with Crippen LogP contribution in [0.4, 0.5) is 22.0 Å². The first-order valence-corrected chi connectivity index (χ1v) is 14.9. The van der Waals surface area contributed by atoms with E-state index in [1.807, 2.05) is 38.1 Å². The number of hydrogen-bond donors (Lipinski definition) is 4. The molecule has 2 amide bonds. The number of nitrogens with zero attached hydrogens (tertiary/aromatic N) is 3. The summed E-state index contributed by atoms with van der Waals surface area (Å²) in [6, 6.07) is 20.7. The molecule has 1 aromatic heterocycles. The van der Waals surface area contributed by atoms with Crippen molar-refractivity contribution in [2.75, 3.05) is 23.7 Å². The van der Waals surface area contributed by atoms with Gasteiger partial charge in [0.2, 0.25) is 17.8 Å². The number of carbonyl (C=O) groups is 2. The molecule has 1 fully saturated rings. The highest BCUT2D eigenvalue weighted by atomic mass is 35.5. The molecular formula is C33H35ClFN7O3. The normalized spacial score (nSPS) is 13.4. The summed E-state index contributed by atoms with van der Waals surface area (Å²) in [4.78, 5) is 37.6. The third kappa shape index (κ3) is 8.89. The molecular weight excluding hydrogens is 597 g/mol. The van der Waals surface area contributed by atoms with Crippen LogP contribution < -0.4 is 26.0 Å². The molecule has 1 aliphatic rings. The standard InChI is InChI=1S/C33H35ClFN7O3/c1-21(43)36-19-32(2,3)20-37-28(44)23-6-14-27(15-7-23)38-29-39-30(42-33(16-17-33)24-8-10-25(34)11-9-24)41-31(40-29)45-18-22-4-12-26(35)13-5-22/h4-15H,16-20H2,1-3H3,(H,36,43)(H,37,44)(H2,38,39,40,41,42). The van der Waals surface area contributed by atoms with Crippen LogP contribution in [0.1, 0.15) is 55.1 Å². The highest BCUT2D eigenvalue weighted by molar-refractivity contribution is 6.30. The fourth-order valence-corrected chi connectivity index (χ4v) is 4.66. The van der Waals surface area contributed by atoms with Gasteiger partial charge in [-0.1, -0.05) is 49.7 Å². The average molecular weight is 632 g/mol. The molecule has 4 N–H and O–H groups in total. The molecule has 234 valence electrons. The number of halogens is 2. The van der Waals surface area contributed by atoms with Crippen LogP contribution in [-0.2, 0) is 16.9 Å². The lowest BCUT2D eigenvalue weighted by molar-refractivity contribution is -0.119. The third-order valence-electron chi connectivity index (χ3n) is 7.34. The minimum Gasteiger partial charge on any atom is -0.458 e. The highest BCUT2D eigenvalue weighted by Crippen LogP contribution is 2.48. The number of rotatable bonds is 13. The van der Waals surface area contributed by atoms with Crippen LogP contribution in [0.25, 0.3) is 0 Å². The maximum atomic E-state index is 13.4. The molecule has 3 aromatic carbocycles. The molecule has 4 aromatic rings. The summed E-state index contributed by atoms with van der Waals surface area (Å²) in [5, 5.41) is 13.0. The number of aromatic nitrogens is 3. The van der Waals surface area contributed by atoms with Crippen molar-refractivity contribution in [1.82, 2.24) is 25.6 Å². The summed E-state index contributed by atoms with van der Waals surface area (Å²) in [6.45, 7) is 6.37. The topological polar surface area (TPSA) is 130 Å². The second-order valence-electron chi connectivity index (χ2n) is 11.9. The second-order valence-corrected chi connectivity index (χ2v) is 12.3. The van der Waals surface area contributed by atoms with E-state index >= 15 is 0 Å². The van der Waals surface area contributed by atoms with Crippen molar-refractivity contribution in [3.05, 3.63) is 100 Å². The monoisotopic (exact) mass is 631 g/mol. The molecule has 1 heterocycles. The van der Waals surface area contributed by atoms with E-state index in [0.29, 0.717) is 35.3 Å². The van der Waals surface area contributed by atoms with Gasteiger partial charge in [0.15, 0.2) is 0 Å². The summed E-state index contributed by atoms with van der Waals surface area (Å²) in [7, 11) is 0. The Bertz CT molecular complexity index is 1640. The van der Waals surface area contributed by atoms with E-state index in [-0.39, 0.29) is 47.2 Å². The maximum absolute atomic E-state index is 13.4. The largest absolute Gasteiger partial charge is 0.458 e. The lowest BCUT2D eigenvalue weighted by atomic mass is 9.93. The van der Waals surface area contributed by atoms with Gasteiger partial charge in [-0.25, -0.2) is 4.39 Å². The van der Waals surface area contributed by atoms with Gasteiger partial charge >= 0.3 is 6.01 Å². The van der Waals surface area contributed by atoms with Crippen molar-refractivity contribution in [3.8, 4) is 6.01 Å². The van der Waals surface area contributed by atoms with Crippen LogP contribution in [-0.4, -0.2) is 39.9 Å². The van der Waals surface area contributed by atoms with Crippen molar-refractivity contribution < 1.29 is 18.7 Å². The minimum absolute atomic E-state index is 0.0871. The van der Waals surface area contributed by atoms with Crippen LogP contribution in [0.3, 0.4) is 0 Å². The van der Waals surface area contributed by atoms with Crippen molar-refractivity contribution in [1.29, 1.82) is 0 Å². The van der Waals surface area contributed by atoms with Crippen molar-refractivity contribution in [2.24, 2.45) is 5.41 Å². The first-order chi connectivity index (χ1) is 21.5. The van der Waals surface area contributed by atoms with Gasteiger partial charge in [0.05, 0.1) is 5.54 Å². The predicted octanol–water partition coefficient (Wildman–Crippen LogP) is 5.98. The van der Waals surface area contributed by atoms with Gasteiger partial charge in [-0.15, -0.1) is 0 Å². The zero-order valence-electron chi connectivity index (χ0n) is 25.3. The lowest BCUT2D eigenvalue weighted by Crippen LogP contribution is -2.41. The van der Waals surface area contributed by atoms with Gasteiger partial charge < -0.3 is 26.0 Å². The van der Waals surface area contributed by atoms with Crippen LogP contribution in [0.5, 0.6) is 6.01 Å². The smallest absolute Gasteiger partial charge is 0.323 e. The Hall–Kier alpha value is -4.77. The first-order valence-electron chi connectivity index (χ1n) is 14.6. The van der Waals surface area contributed by atoms with Gasteiger partial charge in [-0.3, -0.25) is 9.59 Å². The zero-order chi connectivity index (χ0) is 32.0. The van der Waals surface area contributed by atoms with Gasteiger partial charge in [-0.2, -0.15) is 15.0 Å². The molecule has 0 saturated heterocycles. The Balaban J connectivity index is 1.30. The van der Waals surface area contributed by atoms with E-state index in [4.69, 9.17) is 16.3 Å². The van der Waals surface area contributed by atoms with Crippen LogP contribution >= 0.6 is 11.6 Å². The number of carbonyl (C=O) groups excluding carboxylic acids is 2. The SMILES string of the molecule is CC(=O)NCC(C)(C)CNC(=O)c1ccc(Nc2nc(NC3(c4ccc(Cl)cc4)CC3)nc(OCc3ccc(F)cc3)n2)cc1. The number of benzene rings is 3. The summed E-state index contributed by atoms with van der Waals surface area (Å²) >= 11 is 6.10. The maximum Gasteiger partial charge on any atom is 0.323 e. The molecule has 5 rings (SSSR count). The molecule has 0 atom stereocenters. The molecule has 0 unspecified atom stereocenters. The number of nitrogens with one attached hydrogen (secondary N) is 4. The molecule has 0 aliphatic heterocycles. The fraction of sp³-hybridized carbons (Fsp3) is 0.303. The summed E-state index contributed by atoms with van der Waals surface area (Å²) < 4.78 is 19.2. The summed E-state index contributed by atoms with van der Waals surface area (Å²) in [6.07, 6.45) is 1.78. The van der Waals surface area contributed by atoms with Gasteiger partial charge in [0, 0.05) is 36.3 Å². The van der Waals surface area contributed by atoms with E-state index in [9.17, 15) is 14.0 Å². The summed E-state index contributed by atoms with van der Waals surface area (Å²) in [5.41, 5.74) is 2.32. The molecule has 12 heteroatoms. The Morgan fingerprint density at radius 1 is 0.889 bits per heavy atom. The van der Waals surface area contributed by atoms with E-state index in [1.54, 1.807) is 36.4 Å². The number of amides is 2. The van der Waals surface area contributed by atoms with Crippen molar-refractivity contribution in [2.45, 2.75) is 45.8 Å². The van der Waals surface area contributed by atoms with Crippen LogP contribution in [0.15, 0.2) is 72.8 Å². The molecule has 1 saturated carbocycles. The molecule has 1 aliphatic carbocycles. The predicted molar refractivity (Wildman–Crippen MR) is 171 cm³/mol. The van der Waals surface area contributed by atoms with Crippen molar-refractivity contribution in [3.63, 3.8) is 0 Å². The Labute approximate surface area is 266 Å². The fourth-order valence-electron chi connectivity index (χ4n) is 4.54. The van der Waals surface area contributed by atoms with E-state index in [2.05, 4.69) is 36.2 Å². The Morgan fingerprint density at radius 3 is 2.18 bits per heavy atom. The Morgan fingerprint density at radius 2 is 1.53 bits per heavy atom. The van der Waals surface area contributed by atoms with Gasteiger partial charge in [0.25, 0.3) is 5.91 Å².